The Balaban J connectivity index is 1.84. The molecule has 2 rings (SSSR count). The molecule has 4 heteroatoms. The smallest absolute Gasteiger partial charge is 0.0171 e. The van der Waals surface area contributed by atoms with E-state index in [4.69, 9.17) is 11.5 Å². The molecule has 0 amide bonds. The van der Waals surface area contributed by atoms with Crippen LogP contribution in [0.4, 0.5) is 0 Å². The Labute approximate surface area is 131 Å². The first-order chi connectivity index (χ1) is 9.99. The van der Waals surface area contributed by atoms with Crippen LogP contribution < -0.4 is 11.5 Å². The first-order valence-electron chi connectivity index (χ1n) is 8.93. The second-order valence-corrected chi connectivity index (χ2v) is 7.73. The zero-order valence-corrected chi connectivity index (χ0v) is 14.3. The molecule has 4 nitrogen and oxygen atoms in total. The summed E-state index contributed by atoms with van der Waals surface area (Å²) in [5, 5.41) is 0. The lowest BCUT2D eigenvalue weighted by Gasteiger charge is -2.42. The third kappa shape index (κ3) is 4.92. The van der Waals surface area contributed by atoms with Gasteiger partial charge in [0.25, 0.3) is 0 Å². The Morgan fingerprint density at radius 2 is 1.76 bits per heavy atom. The van der Waals surface area contributed by atoms with Crippen LogP contribution in [0.5, 0.6) is 0 Å². The molecule has 2 aliphatic rings. The van der Waals surface area contributed by atoms with Gasteiger partial charge in [-0.1, -0.05) is 0 Å². The first-order valence-corrected chi connectivity index (χ1v) is 8.93. The highest BCUT2D eigenvalue weighted by Crippen LogP contribution is 2.26. The van der Waals surface area contributed by atoms with Crippen molar-refractivity contribution < 1.29 is 0 Å². The van der Waals surface area contributed by atoms with E-state index in [2.05, 4.69) is 30.6 Å². The summed E-state index contributed by atoms with van der Waals surface area (Å²) in [6, 6.07) is 1.64. The number of hydrogen-bond acceptors (Lipinski definition) is 4. The molecule has 4 atom stereocenters. The van der Waals surface area contributed by atoms with Crippen LogP contribution in [-0.2, 0) is 0 Å². The fraction of sp³-hybridized carbons (Fsp3) is 1.00. The van der Waals surface area contributed by atoms with Gasteiger partial charge in [0, 0.05) is 37.8 Å². The number of likely N-dealkylation sites (tertiary alicyclic amines) is 2. The van der Waals surface area contributed by atoms with Gasteiger partial charge >= 0.3 is 0 Å². The molecule has 0 bridgehead atoms. The van der Waals surface area contributed by atoms with Crippen molar-refractivity contribution in [3.63, 3.8) is 0 Å². The van der Waals surface area contributed by atoms with Gasteiger partial charge in [-0.05, 0) is 71.4 Å². The number of hydrogen-bond donors (Lipinski definition) is 2. The summed E-state index contributed by atoms with van der Waals surface area (Å²) in [4.78, 5) is 5.23. The highest BCUT2D eigenvalue weighted by atomic mass is 15.2. The van der Waals surface area contributed by atoms with Crippen LogP contribution in [0.15, 0.2) is 0 Å². The van der Waals surface area contributed by atoms with E-state index in [1.807, 2.05) is 0 Å². The third-order valence-corrected chi connectivity index (χ3v) is 5.51. The zero-order chi connectivity index (χ0) is 15.4. The van der Waals surface area contributed by atoms with E-state index in [0.717, 1.165) is 19.0 Å². The van der Waals surface area contributed by atoms with Crippen LogP contribution in [0.3, 0.4) is 0 Å². The van der Waals surface area contributed by atoms with Crippen LogP contribution >= 0.6 is 0 Å². The largest absolute Gasteiger partial charge is 0.330 e. The molecular formula is C17H36N4. The number of rotatable bonds is 5. The summed E-state index contributed by atoms with van der Waals surface area (Å²) in [5.41, 5.74) is 12.1. The molecular weight excluding hydrogens is 260 g/mol. The maximum atomic E-state index is 6.28. The van der Waals surface area contributed by atoms with Crippen LogP contribution in [-0.4, -0.2) is 60.6 Å². The van der Waals surface area contributed by atoms with E-state index >= 15 is 0 Å². The second kappa shape index (κ2) is 7.91. The van der Waals surface area contributed by atoms with Gasteiger partial charge in [-0.15, -0.1) is 0 Å². The van der Waals surface area contributed by atoms with Crippen LogP contribution in [0.1, 0.15) is 46.5 Å². The van der Waals surface area contributed by atoms with Crippen molar-refractivity contribution in [1.29, 1.82) is 0 Å². The molecule has 0 aromatic heterocycles. The Morgan fingerprint density at radius 3 is 2.43 bits per heavy atom. The van der Waals surface area contributed by atoms with Crippen molar-refractivity contribution in [2.45, 2.75) is 64.6 Å². The molecule has 4 unspecified atom stereocenters. The average Bonchev–Trinajstić information content (AvgIpc) is 2.46. The quantitative estimate of drug-likeness (QED) is 0.807. The van der Waals surface area contributed by atoms with Gasteiger partial charge in [0.15, 0.2) is 0 Å². The fourth-order valence-corrected chi connectivity index (χ4v) is 4.20. The summed E-state index contributed by atoms with van der Waals surface area (Å²) >= 11 is 0. The van der Waals surface area contributed by atoms with E-state index in [1.165, 1.54) is 45.3 Å². The zero-order valence-electron chi connectivity index (χ0n) is 14.3. The molecule has 0 aromatic rings. The maximum Gasteiger partial charge on any atom is 0.0171 e. The number of nitrogens with two attached hydrogens (primary N) is 2. The number of nitrogens with zero attached hydrogens (tertiary/aromatic N) is 2. The highest BCUT2D eigenvalue weighted by molar-refractivity contribution is 4.86. The van der Waals surface area contributed by atoms with E-state index < -0.39 is 0 Å². The van der Waals surface area contributed by atoms with E-state index in [0.29, 0.717) is 24.0 Å². The molecule has 2 aliphatic heterocycles. The molecule has 2 heterocycles. The summed E-state index contributed by atoms with van der Waals surface area (Å²) in [5.74, 6) is 1.46. The second-order valence-electron chi connectivity index (χ2n) is 7.73. The van der Waals surface area contributed by atoms with E-state index in [1.54, 1.807) is 0 Å². The number of piperidine rings is 2. The molecule has 0 saturated carbocycles. The van der Waals surface area contributed by atoms with Gasteiger partial charge in [0.1, 0.15) is 0 Å². The van der Waals surface area contributed by atoms with Gasteiger partial charge in [-0.25, -0.2) is 0 Å². The molecule has 0 spiro atoms. The molecule has 0 radical (unpaired) electrons. The Kier molecular flexibility index (Phi) is 6.48. The molecule has 21 heavy (non-hydrogen) atoms. The van der Waals surface area contributed by atoms with Crippen molar-refractivity contribution in [3.8, 4) is 0 Å². The lowest BCUT2D eigenvalue weighted by atomic mass is 9.87. The van der Waals surface area contributed by atoms with Crippen molar-refractivity contribution >= 4 is 0 Å². The average molecular weight is 297 g/mol. The van der Waals surface area contributed by atoms with Gasteiger partial charge in [0.05, 0.1) is 0 Å². The lowest BCUT2D eigenvalue weighted by molar-refractivity contribution is 0.0792. The Hall–Kier alpha value is -0.160. The van der Waals surface area contributed by atoms with Gasteiger partial charge in [0.2, 0.25) is 0 Å². The predicted octanol–water partition coefficient (Wildman–Crippen LogP) is 1.49. The van der Waals surface area contributed by atoms with Gasteiger partial charge in [-0.3, -0.25) is 4.90 Å². The summed E-state index contributed by atoms with van der Waals surface area (Å²) < 4.78 is 0. The molecule has 0 aromatic carbocycles. The minimum Gasteiger partial charge on any atom is -0.330 e. The molecule has 0 aliphatic carbocycles. The van der Waals surface area contributed by atoms with Crippen molar-refractivity contribution in [2.75, 3.05) is 32.7 Å². The van der Waals surface area contributed by atoms with Crippen molar-refractivity contribution in [3.05, 3.63) is 0 Å². The van der Waals surface area contributed by atoms with E-state index in [-0.39, 0.29) is 0 Å². The molecule has 4 N–H and O–H groups in total. The van der Waals surface area contributed by atoms with Crippen molar-refractivity contribution in [2.24, 2.45) is 23.3 Å². The monoisotopic (exact) mass is 296 g/mol. The van der Waals surface area contributed by atoms with Gasteiger partial charge in [-0.2, -0.15) is 0 Å². The summed E-state index contributed by atoms with van der Waals surface area (Å²) in [7, 11) is 0. The standard InChI is InChI=1S/C17H36N4/c1-13(2)21-11-16(8-17(19)12-21)7-14(3)20-6-4-5-15(9-18)10-20/h13-17H,4-12,18-19H2,1-3H3. The SMILES string of the molecule is CC(C)N1CC(N)CC(CC(C)N2CCCC(CN)C2)C1. The lowest BCUT2D eigenvalue weighted by Crippen LogP contribution is -2.51. The molecule has 2 saturated heterocycles. The normalized spacial score (nSPS) is 34.3. The van der Waals surface area contributed by atoms with Crippen LogP contribution in [0, 0.1) is 11.8 Å². The fourth-order valence-electron chi connectivity index (χ4n) is 4.20. The summed E-state index contributed by atoms with van der Waals surface area (Å²) in [6.45, 7) is 12.6. The minimum absolute atomic E-state index is 0.358. The Morgan fingerprint density at radius 1 is 1.05 bits per heavy atom. The van der Waals surface area contributed by atoms with Crippen LogP contribution in [0.2, 0.25) is 0 Å². The van der Waals surface area contributed by atoms with Crippen molar-refractivity contribution in [1.82, 2.24) is 9.80 Å². The predicted molar refractivity (Wildman–Crippen MR) is 90.2 cm³/mol. The topological polar surface area (TPSA) is 58.5 Å². The first kappa shape index (κ1) is 17.2. The van der Waals surface area contributed by atoms with E-state index in [9.17, 15) is 0 Å². The molecule has 2 fully saturated rings. The highest BCUT2D eigenvalue weighted by Gasteiger charge is 2.30. The minimum atomic E-state index is 0.358. The maximum absolute atomic E-state index is 6.28. The van der Waals surface area contributed by atoms with Crippen LogP contribution in [0.25, 0.3) is 0 Å². The third-order valence-electron chi connectivity index (χ3n) is 5.51. The molecule has 124 valence electrons. The Bertz CT molecular complexity index is 307. The van der Waals surface area contributed by atoms with Gasteiger partial charge < -0.3 is 16.4 Å². The summed E-state index contributed by atoms with van der Waals surface area (Å²) in [6.07, 6.45) is 5.11.